The number of ether oxygens (including phenoxy) is 1. The van der Waals surface area contributed by atoms with Gasteiger partial charge >= 0.3 is 5.69 Å². The van der Waals surface area contributed by atoms with Crippen molar-refractivity contribution in [2.45, 2.75) is 0 Å². The largest absolute Gasteiger partial charge is 0.449 e. The van der Waals surface area contributed by atoms with Gasteiger partial charge < -0.3 is 4.74 Å². The molecule has 4 aromatic carbocycles. The second kappa shape index (κ2) is 7.58. The number of hydrogen-bond acceptors (Lipinski definition) is 5. The summed E-state index contributed by atoms with van der Waals surface area (Å²) < 4.78 is 6.71. The molecule has 0 radical (unpaired) electrons. The fourth-order valence-electron chi connectivity index (χ4n) is 3.80. The van der Waals surface area contributed by atoms with Crippen molar-refractivity contribution in [2.75, 3.05) is 4.90 Å². The molecule has 8 heteroatoms. The Morgan fingerprint density at radius 2 is 1.47 bits per heavy atom. The molecule has 0 bridgehead atoms. The van der Waals surface area contributed by atoms with E-state index in [1.807, 2.05) is 0 Å². The van der Waals surface area contributed by atoms with E-state index in [0.29, 0.717) is 33.3 Å². The molecule has 0 spiro atoms. The summed E-state index contributed by atoms with van der Waals surface area (Å²) in [5.41, 5.74) is 0.994. The monoisotopic (exact) mass is 488 g/mol. The molecule has 32 heavy (non-hydrogen) atoms. The predicted molar refractivity (Wildman–Crippen MR) is 122 cm³/mol. The maximum Gasteiger partial charge on any atom is 0.311 e. The van der Waals surface area contributed by atoms with Gasteiger partial charge in [-0.15, -0.1) is 0 Å². The molecule has 7 nitrogen and oxygen atoms in total. The van der Waals surface area contributed by atoms with E-state index in [4.69, 9.17) is 4.74 Å². The first-order valence-corrected chi connectivity index (χ1v) is 10.4. The van der Waals surface area contributed by atoms with Gasteiger partial charge in [0.2, 0.25) is 5.75 Å². The Morgan fingerprint density at radius 3 is 2.19 bits per heavy atom. The van der Waals surface area contributed by atoms with E-state index in [9.17, 15) is 19.7 Å². The SMILES string of the molecule is O=C1c2cccc3c(Oc4ccccc4[N+](=O)[O-])ccc(c23)C(=O)N1c1ccc(Br)cc1. The molecule has 0 atom stereocenters. The van der Waals surface area contributed by atoms with Gasteiger partial charge in [-0.2, -0.15) is 0 Å². The highest BCUT2D eigenvalue weighted by atomic mass is 79.9. The van der Waals surface area contributed by atoms with Crippen LogP contribution in [0.3, 0.4) is 0 Å². The van der Waals surface area contributed by atoms with Gasteiger partial charge in [-0.25, -0.2) is 4.90 Å². The molecule has 0 aliphatic carbocycles. The maximum absolute atomic E-state index is 13.3. The Kier molecular flexibility index (Phi) is 4.71. The Balaban J connectivity index is 1.65. The number of halogens is 1. The zero-order chi connectivity index (χ0) is 22.4. The summed E-state index contributed by atoms with van der Waals surface area (Å²) >= 11 is 3.35. The second-order valence-electron chi connectivity index (χ2n) is 7.09. The lowest BCUT2D eigenvalue weighted by molar-refractivity contribution is -0.385. The predicted octanol–water partition coefficient (Wildman–Crippen LogP) is 6.10. The zero-order valence-corrected chi connectivity index (χ0v) is 17.9. The van der Waals surface area contributed by atoms with E-state index in [0.717, 1.165) is 9.37 Å². The Bertz CT molecular complexity index is 1410. The summed E-state index contributed by atoms with van der Waals surface area (Å²) in [6.45, 7) is 0. The number of imide groups is 1. The Labute approximate surface area is 190 Å². The number of para-hydroxylation sites is 2. The number of carbonyl (C=O) groups is 2. The third kappa shape index (κ3) is 3.12. The zero-order valence-electron chi connectivity index (χ0n) is 16.3. The highest BCUT2D eigenvalue weighted by Crippen LogP contribution is 2.40. The Morgan fingerprint density at radius 1 is 0.781 bits per heavy atom. The molecule has 2 amide bonds. The minimum atomic E-state index is -0.524. The molecule has 0 aromatic heterocycles. The van der Waals surface area contributed by atoms with Crippen LogP contribution >= 0.6 is 15.9 Å². The van der Waals surface area contributed by atoms with Crippen LogP contribution in [0.5, 0.6) is 11.5 Å². The minimum absolute atomic E-state index is 0.0724. The number of rotatable bonds is 4. The number of carbonyl (C=O) groups excluding carboxylic acids is 2. The van der Waals surface area contributed by atoms with Crippen LogP contribution in [0, 0.1) is 10.1 Å². The quantitative estimate of drug-likeness (QED) is 0.196. The average Bonchev–Trinajstić information content (AvgIpc) is 2.79. The highest BCUT2D eigenvalue weighted by Gasteiger charge is 2.34. The van der Waals surface area contributed by atoms with Crippen LogP contribution in [-0.4, -0.2) is 16.7 Å². The molecular formula is C24H13BrN2O5. The smallest absolute Gasteiger partial charge is 0.311 e. The van der Waals surface area contributed by atoms with E-state index in [-0.39, 0.29) is 11.4 Å². The molecule has 156 valence electrons. The number of amides is 2. The van der Waals surface area contributed by atoms with E-state index in [1.54, 1.807) is 66.7 Å². The van der Waals surface area contributed by atoms with Crippen molar-refractivity contribution in [3.8, 4) is 11.5 Å². The van der Waals surface area contributed by atoms with Crippen LogP contribution in [0.1, 0.15) is 20.7 Å². The van der Waals surface area contributed by atoms with Crippen molar-refractivity contribution < 1.29 is 19.2 Å². The van der Waals surface area contributed by atoms with Crippen LogP contribution in [0.2, 0.25) is 0 Å². The minimum Gasteiger partial charge on any atom is -0.449 e. The first kappa shape index (κ1) is 19.9. The van der Waals surface area contributed by atoms with Crippen LogP contribution in [-0.2, 0) is 0 Å². The third-order valence-electron chi connectivity index (χ3n) is 5.23. The number of hydrogen-bond donors (Lipinski definition) is 0. The molecule has 0 unspecified atom stereocenters. The van der Waals surface area contributed by atoms with Gasteiger partial charge in [0.1, 0.15) is 5.75 Å². The van der Waals surface area contributed by atoms with Crippen LogP contribution in [0.4, 0.5) is 11.4 Å². The first-order valence-electron chi connectivity index (χ1n) is 9.57. The van der Waals surface area contributed by atoms with E-state index >= 15 is 0 Å². The van der Waals surface area contributed by atoms with Crippen molar-refractivity contribution in [3.63, 3.8) is 0 Å². The molecule has 4 aromatic rings. The molecule has 1 heterocycles. The fraction of sp³-hybridized carbons (Fsp3) is 0. The van der Waals surface area contributed by atoms with E-state index < -0.39 is 16.7 Å². The van der Waals surface area contributed by atoms with Crippen molar-refractivity contribution in [1.82, 2.24) is 0 Å². The summed E-state index contributed by atoms with van der Waals surface area (Å²) in [5.74, 6) is -0.503. The summed E-state index contributed by atoms with van der Waals surface area (Å²) in [5, 5.41) is 12.3. The summed E-state index contributed by atoms with van der Waals surface area (Å²) in [4.78, 5) is 38.5. The lowest BCUT2D eigenvalue weighted by Crippen LogP contribution is -2.40. The van der Waals surface area contributed by atoms with Crippen LogP contribution < -0.4 is 9.64 Å². The van der Waals surface area contributed by atoms with Crippen molar-refractivity contribution in [3.05, 3.63) is 105 Å². The second-order valence-corrected chi connectivity index (χ2v) is 8.00. The number of benzene rings is 4. The number of nitrogens with zero attached hydrogens (tertiary/aromatic N) is 2. The molecule has 0 fully saturated rings. The third-order valence-corrected chi connectivity index (χ3v) is 5.76. The number of nitro groups is 1. The van der Waals surface area contributed by atoms with E-state index in [2.05, 4.69) is 15.9 Å². The van der Waals surface area contributed by atoms with Crippen molar-refractivity contribution in [2.24, 2.45) is 0 Å². The van der Waals surface area contributed by atoms with Gasteiger partial charge in [-0.1, -0.05) is 40.2 Å². The Hall–Kier alpha value is -4.04. The van der Waals surface area contributed by atoms with Gasteiger partial charge in [-0.3, -0.25) is 19.7 Å². The molecule has 0 N–H and O–H groups in total. The van der Waals surface area contributed by atoms with Gasteiger partial charge in [0, 0.05) is 32.4 Å². The van der Waals surface area contributed by atoms with Crippen LogP contribution in [0.15, 0.2) is 83.3 Å². The lowest BCUT2D eigenvalue weighted by atomic mass is 9.93. The maximum atomic E-state index is 13.3. The summed E-state index contributed by atoms with van der Waals surface area (Å²) in [7, 11) is 0. The normalized spacial score (nSPS) is 12.8. The van der Waals surface area contributed by atoms with Crippen molar-refractivity contribution >= 4 is 49.9 Å². The number of anilines is 1. The molecule has 1 aliphatic rings. The van der Waals surface area contributed by atoms with Gasteiger partial charge in [0.15, 0.2) is 0 Å². The average molecular weight is 489 g/mol. The molecule has 1 aliphatic heterocycles. The van der Waals surface area contributed by atoms with Crippen LogP contribution in [0.25, 0.3) is 10.8 Å². The fourth-order valence-corrected chi connectivity index (χ4v) is 4.06. The molecule has 0 saturated carbocycles. The summed E-state index contributed by atoms with van der Waals surface area (Å²) in [6.07, 6.45) is 0. The topological polar surface area (TPSA) is 89.7 Å². The molecule has 0 saturated heterocycles. The highest BCUT2D eigenvalue weighted by molar-refractivity contribution is 9.10. The standard InChI is InChI=1S/C24H13BrN2O5/c25-14-8-10-15(11-9-14)26-23(28)17-5-3-4-16-20(13-12-18(22(16)17)24(26)29)32-21-7-2-1-6-19(21)27(30)31/h1-13H. The molecular weight excluding hydrogens is 476 g/mol. The van der Waals surface area contributed by atoms with Gasteiger partial charge in [0.05, 0.1) is 10.6 Å². The first-order chi connectivity index (χ1) is 15.5. The van der Waals surface area contributed by atoms with Crippen molar-refractivity contribution in [1.29, 1.82) is 0 Å². The number of nitro benzene ring substituents is 1. The van der Waals surface area contributed by atoms with Gasteiger partial charge in [-0.05, 0) is 48.5 Å². The summed E-state index contributed by atoms with van der Waals surface area (Å²) in [6, 6.07) is 21.2. The lowest BCUT2D eigenvalue weighted by Gasteiger charge is -2.27. The van der Waals surface area contributed by atoms with Gasteiger partial charge in [0.25, 0.3) is 11.8 Å². The molecule has 5 rings (SSSR count). The van der Waals surface area contributed by atoms with E-state index in [1.165, 1.54) is 12.1 Å².